The number of amides is 1. The maximum absolute atomic E-state index is 12.7. The second-order valence-electron chi connectivity index (χ2n) is 6.14. The van der Waals surface area contributed by atoms with Crippen LogP contribution in [0.25, 0.3) is 0 Å². The molecule has 0 unspecified atom stereocenters. The molecule has 132 valence electrons. The summed E-state index contributed by atoms with van der Waals surface area (Å²) in [5, 5.41) is 3.31. The molecule has 1 fully saturated rings. The Balaban J connectivity index is 0.00000208. The Morgan fingerprint density at radius 3 is 2.67 bits per heavy atom. The summed E-state index contributed by atoms with van der Waals surface area (Å²) in [6, 6.07) is 8.21. The first-order valence-electron chi connectivity index (χ1n) is 8.71. The van der Waals surface area contributed by atoms with Gasteiger partial charge in [-0.1, -0.05) is 18.2 Å². The number of rotatable bonds is 3. The van der Waals surface area contributed by atoms with Crippen molar-refractivity contribution in [2.24, 2.45) is 4.99 Å². The number of nitrogens with one attached hydrogen (secondary N) is 1. The zero-order valence-electron chi connectivity index (χ0n) is 14.3. The molecule has 0 radical (unpaired) electrons. The lowest BCUT2D eigenvalue weighted by molar-refractivity contribution is -0.117. The molecule has 1 amide bonds. The smallest absolute Gasteiger partial charge is 0.248 e. The molecule has 1 aromatic carbocycles. The van der Waals surface area contributed by atoms with Gasteiger partial charge in [0.1, 0.15) is 6.54 Å². The van der Waals surface area contributed by atoms with E-state index in [9.17, 15) is 4.79 Å². The summed E-state index contributed by atoms with van der Waals surface area (Å²) in [4.78, 5) is 21.4. The van der Waals surface area contributed by atoms with Gasteiger partial charge in [-0.05, 0) is 44.2 Å². The molecule has 5 nitrogen and oxygen atoms in total. The Hall–Kier alpha value is -1.31. The molecule has 1 aromatic rings. The number of carbonyl (C=O) groups is 1. The predicted octanol–water partition coefficient (Wildman–Crippen LogP) is 2.65. The number of benzene rings is 1. The molecule has 2 aliphatic heterocycles. The zero-order valence-corrected chi connectivity index (χ0v) is 16.7. The second-order valence-corrected chi connectivity index (χ2v) is 6.14. The van der Waals surface area contributed by atoms with E-state index >= 15 is 0 Å². The van der Waals surface area contributed by atoms with E-state index in [1.54, 1.807) is 0 Å². The van der Waals surface area contributed by atoms with Crippen LogP contribution in [0, 0.1) is 0 Å². The SMILES string of the molecule is CCNC(=NCC(=O)N1CCCc2ccccc21)N1CCCC1.I. The minimum atomic E-state index is 0. The highest BCUT2D eigenvalue weighted by Crippen LogP contribution is 2.26. The van der Waals surface area contributed by atoms with E-state index in [0.717, 1.165) is 50.7 Å². The van der Waals surface area contributed by atoms with Crippen LogP contribution in [0.15, 0.2) is 29.3 Å². The van der Waals surface area contributed by atoms with Crippen molar-refractivity contribution in [3.8, 4) is 0 Å². The number of guanidine groups is 1. The van der Waals surface area contributed by atoms with E-state index in [2.05, 4.69) is 28.2 Å². The number of carbonyl (C=O) groups excluding carboxylic acids is 1. The highest BCUT2D eigenvalue weighted by atomic mass is 127. The van der Waals surface area contributed by atoms with Gasteiger partial charge in [-0.2, -0.15) is 0 Å². The number of halogens is 1. The average molecular weight is 442 g/mol. The summed E-state index contributed by atoms with van der Waals surface area (Å²) in [6.07, 6.45) is 4.49. The molecule has 1 N–H and O–H groups in total. The lowest BCUT2D eigenvalue weighted by Crippen LogP contribution is -2.41. The van der Waals surface area contributed by atoms with Crippen molar-refractivity contribution in [1.29, 1.82) is 0 Å². The van der Waals surface area contributed by atoms with Gasteiger partial charge < -0.3 is 15.1 Å². The molecular weight excluding hydrogens is 415 g/mol. The third kappa shape index (κ3) is 4.40. The van der Waals surface area contributed by atoms with Crippen LogP contribution < -0.4 is 10.2 Å². The number of para-hydroxylation sites is 1. The van der Waals surface area contributed by atoms with Crippen molar-refractivity contribution in [3.63, 3.8) is 0 Å². The molecule has 1 saturated heterocycles. The van der Waals surface area contributed by atoms with Gasteiger partial charge in [-0.15, -0.1) is 24.0 Å². The van der Waals surface area contributed by atoms with Crippen molar-refractivity contribution in [3.05, 3.63) is 29.8 Å². The van der Waals surface area contributed by atoms with E-state index < -0.39 is 0 Å². The summed E-state index contributed by atoms with van der Waals surface area (Å²) in [5.41, 5.74) is 2.33. The number of fused-ring (bicyclic) bond motifs is 1. The van der Waals surface area contributed by atoms with E-state index in [-0.39, 0.29) is 36.4 Å². The van der Waals surface area contributed by atoms with Crippen molar-refractivity contribution in [2.45, 2.75) is 32.6 Å². The molecule has 0 saturated carbocycles. The Morgan fingerprint density at radius 1 is 1.17 bits per heavy atom. The van der Waals surface area contributed by atoms with Gasteiger partial charge in [0.2, 0.25) is 5.91 Å². The molecule has 24 heavy (non-hydrogen) atoms. The van der Waals surface area contributed by atoms with E-state index in [4.69, 9.17) is 0 Å². The first-order chi connectivity index (χ1) is 11.3. The van der Waals surface area contributed by atoms with Gasteiger partial charge in [-0.25, -0.2) is 4.99 Å². The van der Waals surface area contributed by atoms with Crippen molar-refractivity contribution >= 4 is 41.5 Å². The first-order valence-corrected chi connectivity index (χ1v) is 8.71. The number of likely N-dealkylation sites (tertiary alicyclic amines) is 1. The van der Waals surface area contributed by atoms with Gasteiger partial charge in [0, 0.05) is 31.9 Å². The second kappa shape index (κ2) is 9.25. The van der Waals surface area contributed by atoms with Crippen LogP contribution >= 0.6 is 24.0 Å². The fraction of sp³-hybridized carbons (Fsp3) is 0.556. The Kier molecular flexibility index (Phi) is 7.33. The lowest BCUT2D eigenvalue weighted by atomic mass is 10.0. The van der Waals surface area contributed by atoms with Crippen molar-refractivity contribution < 1.29 is 4.79 Å². The fourth-order valence-corrected chi connectivity index (χ4v) is 3.38. The Morgan fingerprint density at radius 2 is 1.92 bits per heavy atom. The Labute approximate surface area is 161 Å². The highest BCUT2D eigenvalue weighted by molar-refractivity contribution is 14.0. The van der Waals surface area contributed by atoms with Crippen LogP contribution in [0.3, 0.4) is 0 Å². The normalized spacial score (nSPS) is 17.3. The maximum Gasteiger partial charge on any atom is 0.248 e. The quantitative estimate of drug-likeness (QED) is 0.445. The van der Waals surface area contributed by atoms with E-state index in [1.165, 1.54) is 18.4 Å². The predicted molar refractivity (Wildman–Crippen MR) is 109 cm³/mol. The molecule has 0 bridgehead atoms. The maximum atomic E-state index is 12.7. The summed E-state index contributed by atoms with van der Waals surface area (Å²) >= 11 is 0. The van der Waals surface area contributed by atoms with Crippen LogP contribution in [0.1, 0.15) is 31.7 Å². The highest BCUT2D eigenvalue weighted by Gasteiger charge is 2.22. The largest absolute Gasteiger partial charge is 0.357 e. The van der Waals surface area contributed by atoms with Crippen LogP contribution in [-0.4, -0.2) is 49.5 Å². The lowest BCUT2D eigenvalue weighted by Gasteiger charge is -2.29. The average Bonchev–Trinajstić information content (AvgIpc) is 3.12. The number of hydrogen-bond acceptors (Lipinski definition) is 2. The van der Waals surface area contributed by atoms with Gasteiger partial charge in [0.05, 0.1) is 0 Å². The van der Waals surface area contributed by atoms with E-state index in [0.29, 0.717) is 0 Å². The van der Waals surface area contributed by atoms with Crippen molar-refractivity contribution in [2.75, 3.05) is 37.6 Å². The summed E-state index contributed by atoms with van der Waals surface area (Å²) in [5.74, 6) is 0.968. The number of anilines is 1. The summed E-state index contributed by atoms with van der Waals surface area (Å²) in [7, 11) is 0. The number of aliphatic imine (C=N–C) groups is 1. The molecule has 0 aliphatic carbocycles. The molecule has 0 aromatic heterocycles. The summed E-state index contributed by atoms with van der Waals surface area (Å²) < 4.78 is 0. The van der Waals surface area contributed by atoms with Gasteiger partial charge in [0.15, 0.2) is 5.96 Å². The molecule has 2 heterocycles. The zero-order chi connectivity index (χ0) is 16.1. The third-order valence-electron chi connectivity index (χ3n) is 4.52. The molecule has 3 rings (SSSR count). The van der Waals surface area contributed by atoms with Gasteiger partial charge >= 0.3 is 0 Å². The van der Waals surface area contributed by atoms with Crippen LogP contribution in [0.2, 0.25) is 0 Å². The molecule has 6 heteroatoms. The van der Waals surface area contributed by atoms with E-state index in [1.807, 2.05) is 23.1 Å². The van der Waals surface area contributed by atoms with Crippen LogP contribution in [0.5, 0.6) is 0 Å². The van der Waals surface area contributed by atoms with Gasteiger partial charge in [-0.3, -0.25) is 4.79 Å². The molecule has 0 spiro atoms. The monoisotopic (exact) mass is 442 g/mol. The van der Waals surface area contributed by atoms with Crippen LogP contribution in [-0.2, 0) is 11.2 Å². The third-order valence-corrected chi connectivity index (χ3v) is 4.52. The molecular formula is C18H27IN4O. The molecule has 0 atom stereocenters. The first kappa shape index (κ1) is 19.0. The Bertz CT molecular complexity index is 584. The summed E-state index contributed by atoms with van der Waals surface area (Å²) in [6.45, 7) is 5.97. The molecule has 2 aliphatic rings. The van der Waals surface area contributed by atoms with Crippen LogP contribution in [0.4, 0.5) is 5.69 Å². The number of aryl methyl sites for hydroxylation is 1. The topological polar surface area (TPSA) is 47.9 Å². The standard InChI is InChI=1S/C18H26N4O.HI/c1-2-19-18(21-11-5-6-12-21)20-14-17(23)22-13-7-9-15-8-3-4-10-16(15)22;/h3-4,8,10H,2,5-7,9,11-14H2,1H3,(H,19,20);1H. The van der Waals surface area contributed by atoms with Crippen molar-refractivity contribution in [1.82, 2.24) is 10.2 Å². The minimum Gasteiger partial charge on any atom is -0.357 e. The minimum absolute atomic E-state index is 0. The number of nitrogens with zero attached hydrogens (tertiary/aromatic N) is 3. The number of hydrogen-bond donors (Lipinski definition) is 1. The fourth-order valence-electron chi connectivity index (χ4n) is 3.38. The van der Waals surface area contributed by atoms with Gasteiger partial charge in [0.25, 0.3) is 0 Å².